The molecule has 0 atom stereocenters. The number of nitrogens with one attached hydrogen (secondary N) is 1. The van der Waals surface area contributed by atoms with Crippen LogP contribution in [-0.2, 0) is 0 Å². The van der Waals surface area contributed by atoms with Crippen LogP contribution >= 0.6 is 22.9 Å². The molecule has 2 aromatic heterocycles. The molecular formula is C11H12ClN3OS. The molecule has 1 saturated carbocycles. The van der Waals surface area contributed by atoms with Crippen LogP contribution in [0.3, 0.4) is 0 Å². The Morgan fingerprint density at radius 2 is 2.29 bits per heavy atom. The number of halogens is 1. The van der Waals surface area contributed by atoms with Gasteiger partial charge in [0.05, 0.1) is 10.3 Å². The Morgan fingerprint density at radius 3 is 3.00 bits per heavy atom. The molecule has 0 bridgehead atoms. The first-order valence-corrected chi connectivity index (χ1v) is 6.69. The molecule has 0 spiro atoms. The third kappa shape index (κ3) is 1.99. The van der Waals surface area contributed by atoms with Gasteiger partial charge in [0.15, 0.2) is 11.0 Å². The lowest BCUT2D eigenvalue weighted by Gasteiger charge is -2.41. The third-order valence-electron chi connectivity index (χ3n) is 3.05. The summed E-state index contributed by atoms with van der Waals surface area (Å²) in [6.45, 7) is 1.85. The maximum Gasteiger partial charge on any atom is 0.167 e. The van der Waals surface area contributed by atoms with E-state index in [9.17, 15) is 5.11 Å². The Balaban J connectivity index is 1.87. The van der Waals surface area contributed by atoms with Crippen LogP contribution in [0.5, 0.6) is 0 Å². The summed E-state index contributed by atoms with van der Waals surface area (Å²) in [6, 6.07) is 2.21. The van der Waals surface area contributed by atoms with Gasteiger partial charge in [-0.2, -0.15) is 0 Å². The van der Waals surface area contributed by atoms with Gasteiger partial charge in [0.25, 0.3) is 0 Å². The van der Waals surface area contributed by atoms with Crippen molar-refractivity contribution < 1.29 is 5.11 Å². The van der Waals surface area contributed by atoms with Gasteiger partial charge in [0, 0.05) is 11.4 Å². The van der Waals surface area contributed by atoms with E-state index in [0.717, 1.165) is 28.7 Å². The van der Waals surface area contributed by atoms with E-state index in [1.54, 1.807) is 11.3 Å². The van der Waals surface area contributed by atoms with Crippen molar-refractivity contribution in [1.82, 2.24) is 10.2 Å². The van der Waals surface area contributed by atoms with Gasteiger partial charge in [-0.3, -0.25) is 0 Å². The van der Waals surface area contributed by atoms with Gasteiger partial charge in [0.1, 0.15) is 0 Å². The summed E-state index contributed by atoms with van der Waals surface area (Å²) in [5, 5.41) is 24.3. The summed E-state index contributed by atoms with van der Waals surface area (Å²) in [7, 11) is 0. The lowest BCUT2D eigenvalue weighted by molar-refractivity contribution is -0.0234. The summed E-state index contributed by atoms with van der Waals surface area (Å²) in [5.74, 6) is 0.764. The zero-order valence-corrected chi connectivity index (χ0v) is 10.8. The van der Waals surface area contributed by atoms with E-state index < -0.39 is 5.60 Å². The molecule has 2 heterocycles. The quantitative estimate of drug-likeness (QED) is 0.880. The fourth-order valence-corrected chi connectivity index (χ4v) is 3.33. The maximum absolute atomic E-state index is 9.68. The Hall–Kier alpha value is -0.910. The topological polar surface area (TPSA) is 58.0 Å². The minimum atomic E-state index is -0.536. The highest BCUT2D eigenvalue weighted by Gasteiger charge is 2.38. The van der Waals surface area contributed by atoms with Crippen molar-refractivity contribution in [2.75, 3.05) is 5.32 Å². The number of rotatable bonds is 2. The van der Waals surface area contributed by atoms with Crippen LogP contribution in [0.1, 0.15) is 19.8 Å². The molecule has 0 unspecified atom stereocenters. The zero-order chi connectivity index (χ0) is 12.0. The molecule has 0 amide bonds. The molecule has 2 N–H and O–H groups in total. The second-order valence-corrected chi connectivity index (χ2v) is 6.02. The SMILES string of the molecule is CC1(O)CC(Nc2nnc(Cl)c3ccsc23)C1. The molecule has 4 nitrogen and oxygen atoms in total. The minimum Gasteiger partial charge on any atom is -0.390 e. The van der Waals surface area contributed by atoms with E-state index in [2.05, 4.69) is 15.5 Å². The van der Waals surface area contributed by atoms with Gasteiger partial charge >= 0.3 is 0 Å². The van der Waals surface area contributed by atoms with Crippen LogP contribution < -0.4 is 5.32 Å². The lowest BCUT2D eigenvalue weighted by Crippen LogP contribution is -2.48. The van der Waals surface area contributed by atoms with Crippen molar-refractivity contribution >= 4 is 38.8 Å². The van der Waals surface area contributed by atoms with E-state index in [1.807, 2.05) is 18.4 Å². The second kappa shape index (κ2) is 3.80. The molecule has 6 heteroatoms. The van der Waals surface area contributed by atoms with Gasteiger partial charge in [0.2, 0.25) is 0 Å². The summed E-state index contributed by atoms with van der Waals surface area (Å²) >= 11 is 7.56. The van der Waals surface area contributed by atoms with Crippen molar-refractivity contribution in [3.63, 3.8) is 0 Å². The number of aromatic nitrogens is 2. The maximum atomic E-state index is 9.68. The smallest absolute Gasteiger partial charge is 0.167 e. The predicted octanol–water partition coefficient (Wildman–Crippen LogP) is 2.67. The Labute approximate surface area is 108 Å². The van der Waals surface area contributed by atoms with Gasteiger partial charge in [-0.15, -0.1) is 21.5 Å². The van der Waals surface area contributed by atoms with Crippen molar-refractivity contribution in [3.8, 4) is 0 Å². The summed E-state index contributed by atoms with van der Waals surface area (Å²) in [5.41, 5.74) is -0.536. The number of hydrogen-bond acceptors (Lipinski definition) is 5. The lowest BCUT2D eigenvalue weighted by atomic mass is 9.77. The summed E-state index contributed by atoms with van der Waals surface area (Å²) in [6.07, 6.45) is 1.48. The number of aliphatic hydroxyl groups is 1. The first-order chi connectivity index (χ1) is 8.05. The Morgan fingerprint density at radius 1 is 1.53 bits per heavy atom. The molecule has 0 radical (unpaired) electrons. The predicted molar refractivity (Wildman–Crippen MR) is 69.7 cm³/mol. The molecular weight excluding hydrogens is 258 g/mol. The molecule has 0 aromatic carbocycles. The monoisotopic (exact) mass is 269 g/mol. The highest BCUT2D eigenvalue weighted by atomic mass is 35.5. The number of hydrogen-bond donors (Lipinski definition) is 2. The third-order valence-corrected chi connectivity index (χ3v) is 4.25. The summed E-state index contributed by atoms with van der Waals surface area (Å²) < 4.78 is 1.02. The molecule has 1 fully saturated rings. The highest BCUT2D eigenvalue weighted by Crippen LogP contribution is 2.36. The van der Waals surface area contributed by atoms with E-state index in [4.69, 9.17) is 11.6 Å². The molecule has 1 aliphatic rings. The van der Waals surface area contributed by atoms with Crippen molar-refractivity contribution in [2.45, 2.75) is 31.4 Å². The highest BCUT2D eigenvalue weighted by molar-refractivity contribution is 7.17. The van der Waals surface area contributed by atoms with E-state index >= 15 is 0 Å². The number of nitrogens with zero attached hydrogens (tertiary/aromatic N) is 2. The van der Waals surface area contributed by atoms with E-state index in [0.29, 0.717) is 5.15 Å². The molecule has 17 heavy (non-hydrogen) atoms. The molecule has 0 saturated heterocycles. The van der Waals surface area contributed by atoms with Crippen LogP contribution in [0.25, 0.3) is 10.1 Å². The Kier molecular flexibility index (Phi) is 2.50. The van der Waals surface area contributed by atoms with Crippen LogP contribution in [-0.4, -0.2) is 26.9 Å². The van der Waals surface area contributed by atoms with Crippen LogP contribution in [0.2, 0.25) is 5.15 Å². The van der Waals surface area contributed by atoms with Gasteiger partial charge in [-0.25, -0.2) is 0 Å². The second-order valence-electron chi connectivity index (χ2n) is 4.75. The van der Waals surface area contributed by atoms with Crippen molar-refractivity contribution in [3.05, 3.63) is 16.6 Å². The van der Waals surface area contributed by atoms with Gasteiger partial charge in [-0.05, 0) is 31.2 Å². The molecule has 2 aromatic rings. The minimum absolute atomic E-state index is 0.269. The first kappa shape index (κ1) is 11.2. The number of thiophene rings is 1. The summed E-state index contributed by atoms with van der Waals surface area (Å²) in [4.78, 5) is 0. The standard InChI is InChI=1S/C11H12ClN3OS/c1-11(16)4-6(5-11)13-10-8-7(2-3-17-8)9(12)14-15-10/h2-3,6,16H,4-5H2,1H3,(H,13,15). The molecule has 3 rings (SSSR count). The fraction of sp³-hybridized carbons (Fsp3) is 0.455. The van der Waals surface area contributed by atoms with Crippen LogP contribution in [0, 0.1) is 0 Å². The molecule has 90 valence electrons. The van der Waals surface area contributed by atoms with Crippen LogP contribution in [0.15, 0.2) is 11.4 Å². The van der Waals surface area contributed by atoms with E-state index in [-0.39, 0.29) is 6.04 Å². The zero-order valence-electron chi connectivity index (χ0n) is 9.27. The normalized spacial score (nSPS) is 28.1. The number of anilines is 1. The van der Waals surface area contributed by atoms with Crippen molar-refractivity contribution in [1.29, 1.82) is 0 Å². The van der Waals surface area contributed by atoms with Crippen LogP contribution in [0.4, 0.5) is 5.82 Å². The van der Waals surface area contributed by atoms with Gasteiger partial charge in [-0.1, -0.05) is 11.6 Å². The Bertz CT molecular complexity index is 561. The molecule has 1 aliphatic carbocycles. The molecule has 0 aliphatic heterocycles. The fourth-order valence-electron chi connectivity index (χ4n) is 2.24. The van der Waals surface area contributed by atoms with E-state index in [1.165, 1.54) is 0 Å². The largest absolute Gasteiger partial charge is 0.390 e. The van der Waals surface area contributed by atoms with Crippen molar-refractivity contribution in [2.24, 2.45) is 0 Å². The average molecular weight is 270 g/mol. The average Bonchev–Trinajstić information content (AvgIpc) is 2.69. The van der Waals surface area contributed by atoms with Gasteiger partial charge < -0.3 is 10.4 Å². The first-order valence-electron chi connectivity index (χ1n) is 5.43. The number of fused-ring (bicyclic) bond motifs is 1.